The number of carbonyl (C=O) groups is 2. The molecule has 0 saturated heterocycles. The van der Waals surface area contributed by atoms with Crippen LogP contribution in [0.1, 0.15) is 55.0 Å². The van der Waals surface area contributed by atoms with E-state index in [-0.39, 0.29) is 17.2 Å². The summed E-state index contributed by atoms with van der Waals surface area (Å²) >= 11 is 0. The van der Waals surface area contributed by atoms with E-state index in [1.54, 1.807) is 11.8 Å². The van der Waals surface area contributed by atoms with Gasteiger partial charge in [0.1, 0.15) is 6.04 Å². The van der Waals surface area contributed by atoms with E-state index in [0.717, 1.165) is 28.5 Å². The van der Waals surface area contributed by atoms with Crippen molar-refractivity contribution in [2.75, 3.05) is 16.3 Å². The number of carbonyl (C=O) groups excluding carboxylic acids is 2. The molecule has 8 heteroatoms. The third-order valence-corrected chi connectivity index (χ3v) is 6.64. The van der Waals surface area contributed by atoms with Crippen LogP contribution in [0.15, 0.2) is 30.3 Å². The third kappa shape index (κ3) is 5.97. The summed E-state index contributed by atoms with van der Waals surface area (Å²) in [5, 5.41) is 3.01. The second kappa shape index (κ2) is 9.41. The quantitative estimate of drug-likeness (QED) is 0.660. The first-order valence-corrected chi connectivity index (χ1v) is 13.3. The molecule has 0 radical (unpaired) electrons. The van der Waals surface area contributed by atoms with Crippen LogP contribution in [0.25, 0.3) is 0 Å². The Balaban J connectivity index is 1.97. The van der Waals surface area contributed by atoms with Gasteiger partial charge in [-0.1, -0.05) is 51.1 Å². The Hall–Kier alpha value is -2.87. The van der Waals surface area contributed by atoms with E-state index in [1.807, 2.05) is 65.0 Å². The number of amides is 2. The molecule has 2 amide bonds. The predicted molar refractivity (Wildman–Crippen MR) is 136 cm³/mol. The Bertz CT molecular complexity index is 1230. The van der Waals surface area contributed by atoms with Gasteiger partial charge < -0.3 is 10.2 Å². The lowest BCUT2D eigenvalue weighted by Gasteiger charge is -2.37. The van der Waals surface area contributed by atoms with Gasteiger partial charge in [0, 0.05) is 25.1 Å². The minimum Gasteiger partial charge on any atom is -0.326 e. The third-order valence-electron chi connectivity index (χ3n) is 6.06. The Morgan fingerprint density at radius 1 is 1.03 bits per heavy atom. The molecule has 3 rings (SSSR count). The van der Waals surface area contributed by atoms with Crippen molar-refractivity contribution in [3.8, 4) is 0 Å². The number of hydrogen-bond donors (Lipinski definition) is 2. The molecule has 0 spiro atoms. The molecule has 0 fully saturated rings. The molecule has 7 nitrogen and oxygen atoms in total. The molecule has 0 aliphatic carbocycles. The van der Waals surface area contributed by atoms with Crippen molar-refractivity contribution < 1.29 is 18.0 Å². The molecule has 0 aromatic heterocycles. The average Bonchev–Trinajstić information content (AvgIpc) is 2.71. The van der Waals surface area contributed by atoms with E-state index in [2.05, 4.69) is 10.0 Å². The van der Waals surface area contributed by atoms with E-state index in [0.29, 0.717) is 36.3 Å². The summed E-state index contributed by atoms with van der Waals surface area (Å²) < 4.78 is 26.3. The SMILES string of the molecule is Cc1cc(C)c(NS(C)(=O)=O)c(C)c1NC(=O)[C@@H]1Cc2ccccc2CN1C(=O)CC(C)(C)C. The van der Waals surface area contributed by atoms with Gasteiger partial charge in [0.25, 0.3) is 0 Å². The van der Waals surface area contributed by atoms with Crippen LogP contribution in [0.5, 0.6) is 0 Å². The van der Waals surface area contributed by atoms with Crippen LogP contribution in [0.3, 0.4) is 0 Å². The minimum absolute atomic E-state index is 0.0565. The van der Waals surface area contributed by atoms with E-state index >= 15 is 0 Å². The van der Waals surface area contributed by atoms with Crippen molar-refractivity contribution >= 4 is 33.2 Å². The summed E-state index contributed by atoms with van der Waals surface area (Å²) in [6, 6.07) is 9.07. The summed E-state index contributed by atoms with van der Waals surface area (Å²) in [5.74, 6) is -0.337. The van der Waals surface area contributed by atoms with Crippen LogP contribution >= 0.6 is 0 Å². The lowest BCUT2D eigenvalue weighted by atomic mass is 9.88. The summed E-state index contributed by atoms with van der Waals surface area (Å²) in [5.41, 5.74) is 5.15. The number of aryl methyl sites for hydroxylation is 2. The summed E-state index contributed by atoms with van der Waals surface area (Å²) in [6.07, 6.45) is 1.86. The van der Waals surface area contributed by atoms with Gasteiger partial charge in [-0.15, -0.1) is 0 Å². The number of fused-ring (bicyclic) bond motifs is 1. The van der Waals surface area contributed by atoms with Gasteiger partial charge in [0.15, 0.2) is 0 Å². The van der Waals surface area contributed by atoms with Crippen molar-refractivity contribution in [1.82, 2.24) is 4.90 Å². The van der Waals surface area contributed by atoms with Crippen LogP contribution in [-0.2, 0) is 32.6 Å². The molecular formula is C26H35N3O4S. The molecule has 0 unspecified atom stereocenters. The largest absolute Gasteiger partial charge is 0.326 e. The molecule has 0 bridgehead atoms. The fourth-order valence-corrected chi connectivity index (χ4v) is 5.19. The number of sulfonamides is 1. The monoisotopic (exact) mass is 485 g/mol. The van der Waals surface area contributed by atoms with Gasteiger partial charge in [0.2, 0.25) is 21.8 Å². The maximum Gasteiger partial charge on any atom is 0.247 e. The highest BCUT2D eigenvalue weighted by atomic mass is 32.2. The van der Waals surface area contributed by atoms with E-state index in [4.69, 9.17) is 0 Å². The molecule has 1 aliphatic rings. The first-order chi connectivity index (χ1) is 15.7. The average molecular weight is 486 g/mol. The number of benzene rings is 2. The zero-order valence-corrected chi connectivity index (χ0v) is 21.9. The van der Waals surface area contributed by atoms with E-state index in [1.165, 1.54) is 0 Å². The first-order valence-electron chi connectivity index (χ1n) is 11.4. The van der Waals surface area contributed by atoms with Crippen molar-refractivity contribution in [3.63, 3.8) is 0 Å². The minimum atomic E-state index is -3.49. The summed E-state index contributed by atoms with van der Waals surface area (Å²) in [7, 11) is -3.49. The Morgan fingerprint density at radius 2 is 1.62 bits per heavy atom. The number of rotatable bonds is 5. The maximum atomic E-state index is 13.6. The molecule has 184 valence electrons. The molecule has 0 saturated carbocycles. The second-order valence-corrected chi connectivity index (χ2v) is 12.2. The van der Waals surface area contributed by atoms with Crippen LogP contribution in [0.2, 0.25) is 0 Å². The van der Waals surface area contributed by atoms with Gasteiger partial charge in [-0.3, -0.25) is 14.3 Å². The predicted octanol–water partition coefficient (Wildman–Crippen LogP) is 4.31. The lowest BCUT2D eigenvalue weighted by Crippen LogP contribution is -2.51. The fraction of sp³-hybridized carbons (Fsp3) is 0.462. The highest BCUT2D eigenvalue weighted by molar-refractivity contribution is 7.92. The van der Waals surface area contributed by atoms with Gasteiger partial charge >= 0.3 is 0 Å². The van der Waals surface area contributed by atoms with Crippen molar-refractivity contribution in [2.45, 2.75) is 67.0 Å². The first kappa shape index (κ1) is 25.7. The van der Waals surface area contributed by atoms with Gasteiger partial charge in [-0.25, -0.2) is 8.42 Å². The number of nitrogens with zero attached hydrogens (tertiary/aromatic N) is 1. The zero-order chi connectivity index (χ0) is 25.4. The lowest BCUT2D eigenvalue weighted by molar-refractivity contribution is -0.141. The standard InChI is InChI=1S/C26H35N3O4S/c1-16-12-17(2)24(28-34(7,32)33)18(3)23(16)27-25(31)21-13-19-10-8-9-11-20(19)15-29(21)22(30)14-26(4,5)6/h8-12,21,28H,13-15H2,1-7H3,(H,27,31)/t21-/m0/s1. The smallest absolute Gasteiger partial charge is 0.247 e. The van der Waals surface area contributed by atoms with Crippen molar-refractivity contribution in [1.29, 1.82) is 0 Å². The molecule has 2 aromatic carbocycles. The van der Waals surface area contributed by atoms with Crippen molar-refractivity contribution in [3.05, 3.63) is 58.1 Å². The van der Waals surface area contributed by atoms with Crippen LogP contribution in [0, 0.1) is 26.2 Å². The number of nitrogens with one attached hydrogen (secondary N) is 2. The normalized spacial score (nSPS) is 16.1. The highest BCUT2D eigenvalue weighted by Crippen LogP contribution is 2.33. The Kier molecular flexibility index (Phi) is 7.12. The van der Waals surface area contributed by atoms with E-state index < -0.39 is 16.1 Å². The van der Waals surface area contributed by atoms with Crippen LogP contribution < -0.4 is 10.0 Å². The highest BCUT2D eigenvalue weighted by Gasteiger charge is 2.36. The summed E-state index contributed by atoms with van der Waals surface area (Å²) in [6.45, 7) is 11.9. The molecule has 1 heterocycles. The van der Waals surface area contributed by atoms with Gasteiger partial charge in [-0.2, -0.15) is 0 Å². The molecule has 1 aliphatic heterocycles. The maximum absolute atomic E-state index is 13.6. The van der Waals surface area contributed by atoms with Crippen molar-refractivity contribution in [2.24, 2.45) is 5.41 Å². The molecule has 34 heavy (non-hydrogen) atoms. The Morgan fingerprint density at radius 3 is 2.21 bits per heavy atom. The molecular weight excluding hydrogens is 450 g/mol. The second-order valence-electron chi connectivity index (χ2n) is 10.5. The van der Waals surface area contributed by atoms with Gasteiger partial charge in [0.05, 0.1) is 11.9 Å². The Labute approximate surface area is 203 Å². The van der Waals surface area contributed by atoms with Crippen LogP contribution in [0.4, 0.5) is 11.4 Å². The summed E-state index contributed by atoms with van der Waals surface area (Å²) in [4.78, 5) is 28.5. The number of anilines is 2. The van der Waals surface area contributed by atoms with Crippen LogP contribution in [-0.4, -0.2) is 37.4 Å². The molecule has 2 aromatic rings. The topological polar surface area (TPSA) is 95.6 Å². The molecule has 2 N–H and O–H groups in total. The van der Waals surface area contributed by atoms with E-state index in [9.17, 15) is 18.0 Å². The fourth-order valence-electron chi connectivity index (χ4n) is 4.50. The molecule has 1 atom stereocenters. The number of hydrogen-bond acceptors (Lipinski definition) is 4. The van der Waals surface area contributed by atoms with Gasteiger partial charge in [-0.05, 0) is 54.0 Å². The zero-order valence-electron chi connectivity index (χ0n) is 21.1.